The highest BCUT2D eigenvalue weighted by atomic mass is 16.2. The van der Waals surface area contributed by atoms with E-state index in [0.29, 0.717) is 6.42 Å². The third-order valence-corrected chi connectivity index (χ3v) is 5.12. The number of nitrogens with one attached hydrogen (secondary N) is 1. The minimum Gasteiger partial charge on any atom is -0.340 e. The fraction of sp³-hybridized carbons (Fsp3) is 0.875. The van der Waals surface area contributed by atoms with Crippen LogP contribution in [0, 0.1) is 5.92 Å². The molecule has 4 nitrogen and oxygen atoms in total. The minimum absolute atomic E-state index is 0.00960. The monoisotopic (exact) mass is 280 g/mol. The molecule has 1 aliphatic carbocycles. The second-order valence-corrected chi connectivity index (χ2v) is 6.63. The number of hydrogen-bond acceptors (Lipinski definition) is 2. The largest absolute Gasteiger partial charge is 0.340 e. The Morgan fingerprint density at radius 1 is 1.20 bits per heavy atom. The molecule has 2 fully saturated rings. The van der Waals surface area contributed by atoms with E-state index < -0.39 is 5.54 Å². The maximum absolute atomic E-state index is 12.6. The van der Waals surface area contributed by atoms with Crippen LogP contribution in [-0.2, 0) is 9.59 Å². The van der Waals surface area contributed by atoms with Gasteiger partial charge in [-0.1, -0.05) is 26.7 Å². The number of piperazine rings is 1. The van der Waals surface area contributed by atoms with Crippen molar-refractivity contribution in [3.05, 3.63) is 0 Å². The zero-order valence-corrected chi connectivity index (χ0v) is 13.1. The van der Waals surface area contributed by atoms with E-state index in [1.165, 1.54) is 25.7 Å². The molecule has 1 saturated carbocycles. The van der Waals surface area contributed by atoms with Crippen molar-refractivity contribution in [2.45, 2.75) is 77.3 Å². The smallest absolute Gasteiger partial charge is 0.248 e. The van der Waals surface area contributed by atoms with Crippen LogP contribution in [0.5, 0.6) is 0 Å². The van der Waals surface area contributed by atoms with Crippen molar-refractivity contribution in [3.63, 3.8) is 0 Å². The first kappa shape index (κ1) is 15.3. The molecule has 114 valence electrons. The molecule has 0 aromatic rings. The highest BCUT2D eigenvalue weighted by Crippen LogP contribution is 2.32. The average molecular weight is 280 g/mol. The fourth-order valence-electron chi connectivity index (χ4n) is 3.63. The van der Waals surface area contributed by atoms with Gasteiger partial charge >= 0.3 is 0 Å². The van der Waals surface area contributed by atoms with E-state index in [0.717, 1.165) is 18.8 Å². The van der Waals surface area contributed by atoms with Gasteiger partial charge in [0.05, 0.1) is 6.54 Å². The number of nitrogens with zero attached hydrogens (tertiary/aromatic N) is 1. The number of amides is 2. The zero-order valence-electron chi connectivity index (χ0n) is 13.1. The van der Waals surface area contributed by atoms with Gasteiger partial charge in [-0.2, -0.15) is 0 Å². The Hall–Kier alpha value is -1.06. The summed E-state index contributed by atoms with van der Waals surface area (Å²) < 4.78 is 0. The van der Waals surface area contributed by atoms with Crippen LogP contribution < -0.4 is 5.32 Å². The van der Waals surface area contributed by atoms with Crippen molar-refractivity contribution in [1.29, 1.82) is 0 Å². The van der Waals surface area contributed by atoms with Gasteiger partial charge in [0.1, 0.15) is 5.54 Å². The molecule has 2 aliphatic rings. The molecule has 1 saturated heterocycles. The number of carbonyl (C=O) groups is 2. The summed E-state index contributed by atoms with van der Waals surface area (Å²) in [6.45, 7) is 6.29. The van der Waals surface area contributed by atoms with Crippen LogP contribution in [0.25, 0.3) is 0 Å². The predicted molar refractivity (Wildman–Crippen MR) is 79.2 cm³/mol. The van der Waals surface area contributed by atoms with E-state index >= 15 is 0 Å². The fourth-order valence-corrected chi connectivity index (χ4v) is 3.63. The maximum atomic E-state index is 12.6. The van der Waals surface area contributed by atoms with Crippen molar-refractivity contribution in [2.75, 3.05) is 6.54 Å². The van der Waals surface area contributed by atoms with Crippen LogP contribution in [0.4, 0.5) is 0 Å². The Balaban J connectivity index is 2.01. The van der Waals surface area contributed by atoms with E-state index in [1.807, 2.05) is 18.7 Å². The van der Waals surface area contributed by atoms with E-state index in [9.17, 15) is 9.59 Å². The molecule has 0 spiro atoms. The molecule has 2 rings (SSSR count). The lowest BCUT2D eigenvalue weighted by Crippen LogP contribution is -2.67. The molecular weight excluding hydrogens is 252 g/mol. The Kier molecular flexibility index (Phi) is 4.71. The summed E-state index contributed by atoms with van der Waals surface area (Å²) in [5.74, 6) is 0.922. The van der Waals surface area contributed by atoms with E-state index in [1.54, 1.807) is 0 Å². The molecule has 0 bridgehead atoms. The quantitative estimate of drug-likeness (QED) is 0.860. The average Bonchev–Trinajstić information content (AvgIpc) is 2.44. The lowest BCUT2D eigenvalue weighted by Gasteiger charge is -2.44. The molecule has 1 aliphatic heterocycles. The minimum atomic E-state index is -0.699. The van der Waals surface area contributed by atoms with Crippen LogP contribution in [0.2, 0.25) is 0 Å². The Labute approximate surface area is 122 Å². The summed E-state index contributed by atoms with van der Waals surface area (Å²) in [6, 6.07) is 0.271. The number of carbonyl (C=O) groups excluding carboxylic acids is 2. The normalized spacial score (nSPS) is 35.0. The van der Waals surface area contributed by atoms with Crippen LogP contribution in [0.3, 0.4) is 0 Å². The lowest BCUT2D eigenvalue weighted by atomic mass is 9.82. The second-order valence-electron chi connectivity index (χ2n) is 6.63. The molecule has 0 aromatic carbocycles. The van der Waals surface area contributed by atoms with E-state index in [2.05, 4.69) is 12.2 Å². The third kappa shape index (κ3) is 2.99. The first-order chi connectivity index (χ1) is 9.50. The van der Waals surface area contributed by atoms with Crippen molar-refractivity contribution in [3.8, 4) is 0 Å². The summed E-state index contributed by atoms with van der Waals surface area (Å²) >= 11 is 0. The Morgan fingerprint density at radius 3 is 2.40 bits per heavy atom. The van der Waals surface area contributed by atoms with Gasteiger partial charge < -0.3 is 10.2 Å². The molecule has 1 atom stereocenters. The molecule has 1 N–H and O–H groups in total. The predicted octanol–water partition coefficient (Wildman–Crippen LogP) is 2.47. The molecule has 2 amide bonds. The highest BCUT2D eigenvalue weighted by molar-refractivity contribution is 5.97. The van der Waals surface area contributed by atoms with Gasteiger partial charge in [-0.05, 0) is 44.9 Å². The van der Waals surface area contributed by atoms with Gasteiger partial charge in [0.15, 0.2) is 0 Å². The van der Waals surface area contributed by atoms with Crippen molar-refractivity contribution < 1.29 is 9.59 Å². The second kappa shape index (κ2) is 6.15. The van der Waals surface area contributed by atoms with E-state index in [-0.39, 0.29) is 24.4 Å². The van der Waals surface area contributed by atoms with Crippen LogP contribution >= 0.6 is 0 Å². The standard InChI is InChI=1S/C16H28N2O2/c1-4-6-12-7-9-13(10-8-12)18-11-14(19)17-16(3,5-2)15(18)20/h12-13H,4-11H2,1-3H3,(H,17,19). The van der Waals surface area contributed by atoms with Gasteiger partial charge in [-0.3, -0.25) is 9.59 Å². The molecular formula is C16H28N2O2. The molecule has 1 unspecified atom stereocenters. The maximum Gasteiger partial charge on any atom is 0.248 e. The number of hydrogen-bond donors (Lipinski definition) is 1. The molecule has 4 heteroatoms. The van der Waals surface area contributed by atoms with Gasteiger partial charge in [-0.15, -0.1) is 0 Å². The Bertz CT molecular complexity index is 375. The first-order valence-electron chi connectivity index (χ1n) is 8.12. The van der Waals surface area contributed by atoms with Crippen molar-refractivity contribution in [1.82, 2.24) is 10.2 Å². The van der Waals surface area contributed by atoms with Gasteiger partial charge in [-0.25, -0.2) is 0 Å². The van der Waals surface area contributed by atoms with Gasteiger partial charge in [0, 0.05) is 6.04 Å². The zero-order chi connectivity index (χ0) is 14.8. The summed E-state index contributed by atoms with van der Waals surface area (Å²) in [6.07, 6.45) is 7.72. The Morgan fingerprint density at radius 2 is 1.85 bits per heavy atom. The summed E-state index contributed by atoms with van der Waals surface area (Å²) in [7, 11) is 0. The topological polar surface area (TPSA) is 49.4 Å². The first-order valence-corrected chi connectivity index (χ1v) is 8.12. The molecule has 0 aromatic heterocycles. The van der Waals surface area contributed by atoms with Crippen molar-refractivity contribution in [2.24, 2.45) is 5.92 Å². The summed E-state index contributed by atoms with van der Waals surface area (Å²) in [5, 5.41) is 2.86. The molecule has 20 heavy (non-hydrogen) atoms. The molecule has 0 radical (unpaired) electrons. The van der Waals surface area contributed by atoms with Crippen LogP contribution in [0.1, 0.15) is 65.7 Å². The van der Waals surface area contributed by atoms with Crippen molar-refractivity contribution >= 4 is 11.8 Å². The summed E-state index contributed by atoms with van der Waals surface area (Å²) in [4.78, 5) is 26.4. The van der Waals surface area contributed by atoms with Gasteiger partial charge in [0.25, 0.3) is 0 Å². The van der Waals surface area contributed by atoms with Gasteiger partial charge in [0.2, 0.25) is 11.8 Å². The van der Waals surface area contributed by atoms with Crippen LogP contribution in [-0.4, -0.2) is 34.8 Å². The third-order valence-electron chi connectivity index (χ3n) is 5.12. The van der Waals surface area contributed by atoms with E-state index in [4.69, 9.17) is 0 Å². The SMILES string of the molecule is CCCC1CCC(N2CC(=O)NC(C)(CC)C2=O)CC1. The number of rotatable bonds is 4. The molecule has 1 heterocycles. The van der Waals surface area contributed by atoms with Crippen LogP contribution in [0.15, 0.2) is 0 Å². The highest BCUT2D eigenvalue weighted by Gasteiger charge is 2.44. The lowest BCUT2D eigenvalue weighted by molar-refractivity contribution is -0.152. The summed E-state index contributed by atoms with van der Waals surface area (Å²) in [5.41, 5.74) is -0.699.